The molecule has 2 heteroatoms. The van der Waals surface area contributed by atoms with Gasteiger partial charge in [-0.25, -0.2) is 0 Å². The second kappa shape index (κ2) is 2.36. The second-order valence-corrected chi connectivity index (χ2v) is 2.43. The highest BCUT2D eigenvalue weighted by Crippen LogP contribution is 2.20. The summed E-state index contributed by atoms with van der Waals surface area (Å²) in [5, 5.41) is 0.325. The van der Waals surface area contributed by atoms with Gasteiger partial charge in [-0.05, 0) is 18.4 Å². The third-order valence-electron chi connectivity index (χ3n) is 1.31. The molecule has 1 rings (SSSR count). The summed E-state index contributed by atoms with van der Waals surface area (Å²) in [6, 6.07) is 0. The maximum absolute atomic E-state index is 10.8. The summed E-state index contributed by atoms with van der Waals surface area (Å²) in [4.78, 5) is 10.8. The molecule has 0 fully saturated rings. The molecule has 1 nitrogen and oxygen atoms in total. The zero-order valence-corrected chi connectivity index (χ0v) is 5.74. The van der Waals surface area contributed by atoms with Crippen molar-refractivity contribution in [2.75, 3.05) is 0 Å². The Balaban J connectivity index is 2.86. The molecule has 0 atom stereocenters. The van der Waals surface area contributed by atoms with Crippen LogP contribution in [-0.2, 0) is 4.79 Å². The molecule has 1 aliphatic rings. The molecule has 0 aliphatic heterocycles. The Morgan fingerprint density at radius 3 is 2.78 bits per heavy atom. The van der Waals surface area contributed by atoms with Gasteiger partial charge in [0, 0.05) is 0 Å². The summed E-state index contributed by atoms with van der Waals surface area (Å²) in [7, 11) is 0. The largest absolute Gasteiger partial charge is 0.288 e. The molecule has 0 heterocycles. The Morgan fingerprint density at radius 2 is 2.33 bits per heavy atom. The first kappa shape index (κ1) is 6.56. The average Bonchev–Trinajstić information content (AvgIpc) is 1.83. The summed E-state index contributed by atoms with van der Waals surface area (Å²) < 4.78 is 0. The van der Waals surface area contributed by atoms with Crippen molar-refractivity contribution in [2.24, 2.45) is 0 Å². The van der Waals surface area contributed by atoms with Crippen LogP contribution in [0.4, 0.5) is 0 Å². The number of Topliss-reactive ketones (excluding diaryl/α,β-unsaturated/α-hetero) is 1. The number of carbonyl (C=O) groups is 1. The van der Waals surface area contributed by atoms with Crippen molar-refractivity contribution in [1.29, 1.82) is 0 Å². The van der Waals surface area contributed by atoms with E-state index in [0.29, 0.717) is 10.6 Å². The highest BCUT2D eigenvalue weighted by Gasteiger charge is 2.14. The number of hydrogen-bond acceptors (Lipinski definition) is 1. The number of rotatable bonds is 0. The lowest BCUT2D eigenvalue weighted by Crippen LogP contribution is -2.05. The van der Waals surface area contributed by atoms with Gasteiger partial charge in [-0.15, -0.1) is 0 Å². The third kappa shape index (κ3) is 1.22. The van der Waals surface area contributed by atoms with Crippen LogP contribution in [0.3, 0.4) is 0 Å². The summed E-state index contributed by atoms with van der Waals surface area (Å²) in [5.74, 6) is -0.0945. The van der Waals surface area contributed by atoms with Crippen LogP contribution in [0.15, 0.2) is 23.3 Å². The lowest BCUT2D eigenvalue weighted by Gasteiger charge is -2.06. The van der Waals surface area contributed by atoms with Crippen molar-refractivity contribution in [1.82, 2.24) is 0 Å². The molecule has 0 saturated heterocycles. The van der Waals surface area contributed by atoms with Crippen molar-refractivity contribution in [3.8, 4) is 0 Å². The number of halogens is 1. The van der Waals surface area contributed by atoms with E-state index >= 15 is 0 Å². The molecule has 1 aliphatic carbocycles. The lowest BCUT2D eigenvalue weighted by molar-refractivity contribution is -0.112. The summed E-state index contributed by atoms with van der Waals surface area (Å²) in [6.07, 6.45) is 3.34. The zero-order chi connectivity index (χ0) is 6.85. The normalized spacial score (nSPS) is 19.9. The number of carbonyl (C=O) groups excluding carboxylic acids is 1. The minimum atomic E-state index is -0.0945. The molecule has 0 bridgehead atoms. The van der Waals surface area contributed by atoms with Gasteiger partial charge in [-0.1, -0.05) is 24.3 Å². The molecule has 0 N–H and O–H groups in total. The van der Waals surface area contributed by atoms with Crippen LogP contribution in [0, 0.1) is 0 Å². The van der Waals surface area contributed by atoms with Crippen LogP contribution >= 0.6 is 11.6 Å². The van der Waals surface area contributed by atoms with E-state index in [1.165, 1.54) is 0 Å². The minimum Gasteiger partial charge on any atom is -0.288 e. The Labute approximate surface area is 59.0 Å². The average molecular weight is 143 g/mol. The van der Waals surface area contributed by atoms with E-state index in [1.807, 2.05) is 0 Å². The van der Waals surface area contributed by atoms with Crippen LogP contribution < -0.4 is 0 Å². The quantitative estimate of drug-likeness (QED) is 0.473. The Hall–Kier alpha value is -0.560. The molecule has 0 aromatic carbocycles. The standard InChI is InChI=1S/C7H7ClO/c1-5-3-2-4-6(8)7(5)9/h4H,1-3H2. The van der Waals surface area contributed by atoms with Gasteiger partial charge in [-0.2, -0.15) is 0 Å². The van der Waals surface area contributed by atoms with E-state index in [2.05, 4.69) is 6.58 Å². The van der Waals surface area contributed by atoms with Gasteiger partial charge in [-0.3, -0.25) is 4.79 Å². The molecule has 0 spiro atoms. The fraction of sp³-hybridized carbons (Fsp3) is 0.286. The van der Waals surface area contributed by atoms with Gasteiger partial charge in [0.25, 0.3) is 0 Å². The van der Waals surface area contributed by atoms with E-state index < -0.39 is 0 Å². The number of allylic oxidation sites excluding steroid dienone is 3. The van der Waals surface area contributed by atoms with Gasteiger partial charge < -0.3 is 0 Å². The van der Waals surface area contributed by atoms with Crippen LogP contribution in [0.5, 0.6) is 0 Å². The second-order valence-electron chi connectivity index (χ2n) is 2.02. The number of ketones is 1. The SMILES string of the molecule is C=C1CCC=C(Cl)C1=O. The highest BCUT2D eigenvalue weighted by atomic mass is 35.5. The van der Waals surface area contributed by atoms with Gasteiger partial charge in [0.05, 0.1) is 5.03 Å². The molecule has 0 saturated carbocycles. The molecule has 0 unspecified atom stereocenters. The monoisotopic (exact) mass is 142 g/mol. The van der Waals surface area contributed by atoms with Crippen LogP contribution in [0.25, 0.3) is 0 Å². The van der Waals surface area contributed by atoms with Crippen molar-refractivity contribution in [2.45, 2.75) is 12.8 Å². The minimum absolute atomic E-state index is 0.0945. The molecule has 0 aromatic heterocycles. The fourth-order valence-corrected chi connectivity index (χ4v) is 0.991. The predicted octanol–water partition coefficient (Wildman–Crippen LogP) is 2.03. The van der Waals surface area contributed by atoms with Gasteiger partial charge in [0.2, 0.25) is 0 Å². The number of hydrogen-bond donors (Lipinski definition) is 0. The molecular formula is C7H7ClO. The first-order chi connectivity index (χ1) is 4.22. The fourth-order valence-electron chi connectivity index (χ4n) is 0.748. The topological polar surface area (TPSA) is 17.1 Å². The van der Waals surface area contributed by atoms with Crippen LogP contribution in [0.2, 0.25) is 0 Å². The van der Waals surface area contributed by atoms with Crippen molar-refractivity contribution in [3.05, 3.63) is 23.3 Å². The Bertz CT molecular complexity index is 191. The molecule has 9 heavy (non-hydrogen) atoms. The van der Waals surface area contributed by atoms with Gasteiger partial charge in [0.15, 0.2) is 5.78 Å². The van der Waals surface area contributed by atoms with Gasteiger partial charge in [0.1, 0.15) is 0 Å². The molecule has 0 radical (unpaired) electrons. The van der Waals surface area contributed by atoms with E-state index in [4.69, 9.17) is 11.6 Å². The van der Waals surface area contributed by atoms with E-state index in [-0.39, 0.29) is 5.78 Å². The zero-order valence-electron chi connectivity index (χ0n) is 4.98. The smallest absolute Gasteiger partial charge is 0.199 e. The Kier molecular flexibility index (Phi) is 1.72. The first-order valence-corrected chi connectivity index (χ1v) is 3.18. The third-order valence-corrected chi connectivity index (χ3v) is 1.63. The first-order valence-electron chi connectivity index (χ1n) is 2.80. The van der Waals surface area contributed by atoms with Crippen LogP contribution in [0.1, 0.15) is 12.8 Å². The summed E-state index contributed by atoms with van der Waals surface area (Å²) in [5.41, 5.74) is 0.627. The summed E-state index contributed by atoms with van der Waals surface area (Å²) in [6.45, 7) is 3.57. The molecular weight excluding hydrogens is 136 g/mol. The van der Waals surface area contributed by atoms with Gasteiger partial charge >= 0.3 is 0 Å². The summed E-state index contributed by atoms with van der Waals surface area (Å²) >= 11 is 5.51. The van der Waals surface area contributed by atoms with E-state index in [1.54, 1.807) is 6.08 Å². The van der Waals surface area contributed by atoms with Crippen LogP contribution in [-0.4, -0.2) is 5.78 Å². The predicted molar refractivity (Wildman–Crippen MR) is 37.3 cm³/mol. The highest BCUT2D eigenvalue weighted by molar-refractivity contribution is 6.45. The maximum Gasteiger partial charge on any atom is 0.199 e. The molecule has 48 valence electrons. The van der Waals surface area contributed by atoms with Crippen molar-refractivity contribution in [3.63, 3.8) is 0 Å². The maximum atomic E-state index is 10.8. The lowest BCUT2D eigenvalue weighted by atomic mass is 10.0. The Morgan fingerprint density at radius 1 is 1.67 bits per heavy atom. The van der Waals surface area contributed by atoms with E-state index in [9.17, 15) is 4.79 Å². The van der Waals surface area contributed by atoms with Crippen molar-refractivity contribution < 1.29 is 4.79 Å². The molecule has 0 aromatic rings. The van der Waals surface area contributed by atoms with E-state index in [0.717, 1.165) is 12.8 Å². The molecule has 0 amide bonds. The van der Waals surface area contributed by atoms with Crippen molar-refractivity contribution >= 4 is 17.4 Å².